The van der Waals surface area contributed by atoms with Gasteiger partial charge in [0.05, 0.1) is 29.6 Å². The number of nitrogens with zero attached hydrogens (tertiary/aromatic N) is 2. The van der Waals surface area contributed by atoms with E-state index in [4.69, 9.17) is 4.74 Å². The maximum absolute atomic E-state index is 12.3. The molecule has 0 aliphatic carbocycles. The van der Waals surface area contributed by atoms with Crippen LogP contribution in [-0.4, -0.2) is 49.6 Å². The number of anilines is 1. The first kappa shape index (κ1) is 22.9. The Balaban J connectivity index is 1.57. The molecule has 0 bridgehead atoms. The second-order valence-electron chi connectivity index (χ2n) is 7.81. The fourth-order valence-electron chi connectivity index (χ4n) is 3.61. The second kappa shape index (κ2) is 10.1. The number of fused-ring (bicyclic) bond motifs is 1. The minimum atomic E-state index is -3.45. The van der Waals surface area contributed by atoms with Crippen molar-refractivity contribution in [3.05, 3.63) is 78.2 Å². The lowest BCUT2D eigenvalue weighted by Gasteiger charge is -2.21. The molecule has 0 radical (unpaired) electrons. The van der Waals surface area contributed by atoms with Crippen molar-refractivity contribution in [2.75, 3.05) is 31.3 Å². The van der Waals surface area contributed by atoms with Gasteiger partial charge >= 0.3 is 0 Å². The van der Waals surface area contributed by atoms with Crippen LogP contribution in [0, 0.1) is 6.92 Å². The Morgan fingerprint density at radius 3 is 2.67 bits per heavy atom. The van der Waals surface area contributed by atoms with E-state index in [0.29, 0.717) is 0 Å². The molecule has 33 heavy (non-hydrogen) atoms. The Morgan fingerprint density at radius 1 is 1.06 bits per heavy atom. The average Bonchev–Trinajstić information content (AvgIpc) is 3.21. The van der Waals surface area contributed by atoms with Crippen LogP contribution < -0.4 is 10.0 Å². The van der Waals surface area contributed by atoms with Crippen molar-refractivity contribution in [3.8, 4) is 11.1 Å². The third-order valence-electron chi connectivity index (χ3n) is 5.42. The molecule has 8 nitrogen and oxygen atoms in total. The quantitative estimate of drug-likeness (QED) is 0.330. The van der Waals surface area contributed by atoms with Crippen LogP contribution in [0.5, 0.6) is 0 Å². The summed E-state index contributed by atoms with van der Waals surface area (Å²) in [6.45, 7) is 2.33. The topological polar surface area (TPSA) is 109 Å². The second-order valence-corrected chi connectivity index (χ2v) is 9.74. The number of sulfonamides is 1. The van der Waals surface area contributed by atoms with Gasteiger partial charge in [0.2, 0.25) is 10.0 Å². The molecule has 172 valence electrons. The van der Waals surface area contributed by atoms with Crippen molar-refractivity contribution in [2.45, 2.75) is 13.0 Å². The van der Waals surface area contributed by atoms with Crippen LogP contribution in [0.3, 0.4) is 0 Å². The predicted octanol–water partition coefficient (Wildman–Crippen LogP) is 3.65. The summed E-state index contributed by atoms with van der Waals surface area (Å²) in [7, 11) is -1.97. The fourth-order valence-corrected chi connectivity index (χ4v) is 4.56. The highest BCUT2D eigenvalue weighted by Gasteiger charge is 2.17. The largest absolute Gasteiger partial charge is 0.384 e. The van der Waals surface area contributed by atoms with Gasteiger partial charge in [0.25, 0.3) is 0 Å². The summed E-state index contributed by atoms with van der Waals surface area (Å²) in [6.07, 6.45) is 3.55. The molecule has 0 saturated heterocycles. The third kappa shape index (κ3) is 5.75. The number of aryl methyl sites for hydroxylation is 1. The van der Waals surface area contributed by atoms with E-state index < -0.39 is 10.0 Å². The Labute approximate surface area is 193 Å². The van der Waals surface area contributed by atoms with E-state index in [9.17, 15) is 8.42 Å². The number of H-pyrrole nitrogens is 1. The number of methoxy groups -OCH3 is 1. The predicted molar refractivity (Wildman–Crippen MR) is 131 cm³/mol. The Morgan fingerprint density at radius 2 is 1.88 bits per heavy atom. The lowest BCUT2D eigenvalue weighted by molar-refractivity contribution is 0.217. The molecule has 2 aromatic heterocycles. The van der Waals surface area contributed by atoms with Gasteiger partial charge in [0, 0.05) is 42.7 Å². The maximum Gasteiger partial charge on any atom is 0.213 e. The molecule has 2 heterocycles. The summed E-state index contributed by atoms with van der Waals surface area (Å²) in [5, 5.41) is 11.8. The van der Waals surface area contributed by atoms with Crippen LogP contribution in [-0.2, 0) is 14.8 Å². The van der Waals surface area contributed by atoms with E-state index in [-0.39, 0.29) is 24.9 Å². The van der Waals surface area contributed by atoms with E-state index in [0.717, 1.165) is 39.0 Å². The van der Waals surface area contributed by atoms with Gasteiger partial charge < -0.3 is 10.1 Å². The first-order valence-electron chi connectivity index (χ1n) is 10.6. The van der Waals surface area contributed by atoms with Crippen LogP contribution in [0.1, 0.15) is 17.3 Å². The molecule has 1 unspecified atom stereocenters. The number of ether oxygens (including phenoxy) is 1. The number of hydrogen-bond donors (Lipinski definition) is 3. The first-order valence-corrected chi connectivity index (χ1v) is 12.3. The lowest BCUT2D eigenvalue weighted by atomic mass is 10.0. The lowest BCUT2D eigenvalue weighted by Crippen LogP contribution is -2.34. The first-order chi connectivity index (χ1) is 15.9. The molecule has 9 heteroatoms. The number of nitrogens with one attached hydrogen (secondary N) is 3. The number of pyridine rings is 1. The molecular formula is C24H27N5O3S. The van der Waals surface area contributed by atoms with Crippen LogP contribution in [0.4, 0.5) is 5.69 Å². The zero-order valence-electron chi connectivity index (χ0n) is 18.6. The van der Waals surface area contributed by atoms with Crippen LogP contribution in [0.2, 0.25) is 0 Å². The zero-order chi connectivity index (χ0) is 23.3. The molecular weight excluding hydrogens is 438 g/mol. The summed E-state index contributed by atoms with van der Waals surface area (Å²) in [5.41, 5.74) is 5.67. The monoisotopic (exact) mass is 465 g/mol. The van der Waals surface area contributed by atoms with Gasteiger partial charge in [0.1, 0.15) is 0 Å². The van der Waals surface area contributed by atoms with E-state index in [1.165, 1.54) is 7.11 Å². The van der Waals surface area contributed by atoms with E-state index >= 15 is 0 Å². The van der Waals surface area contributed by atoms with Gasteiger partial charge in [-0.2, -0.15) is 5.10 Å². The SMILES string of the molecule is COCCS(=O)(=O)NCC(Nc1cncc(-c2ccc3n[nH]c(C)c3c2)c1)c1ccccc1. The molecule has 0 saturated carbocycles. The normalized spacial score (nSPS) is 12.7. The fraction of sp³-hybridized carbons (Fsp3) is 0.250. The minimum absolute atomic E-state index is 0.0854. The highest BCUT2D eigenvalue weighted by atomic mass is 32.2. The smallest absolute Gasteiger partial charge is 0.213 e. The summed E-state index contributed by atoms with van der Waals surface area (Å²) < 4.78 is 32.2. The molecule has 0 spiro atoms. The number of aromatic amines is 1. The molecule has 4 aromatic rings. The van der Waals surface area contributed by atoms with Crippen molar-refractivity contribution in [1.29, 1.82) is 0 Å². The van der Waals surface area contributed by atoms with E-state index in [2.05, 4.69) is 31.3 Å². The van der Waals surface area contributed by atoms with Crippen LogP contribution in [0.25, 0.3) is 22.0 Å². The number of benzene rings is 2. The summed E-state index contributed by atoms with van der Waals surface area (Å²) in [4.78, 5) is 4.41. The van der Waals surface area contributed by atoms with Gasteiger partial charge in [-0.15, -0.1) is 0 Å². The summed E-state index contributed by atoms with van der Waals surface area (Å²) in [5.74, 6) is -0.0854. The van der Waals surface area contributed by atoms with Gasteiger partial charge in [-0.3, -0.25) is 10.1 Å². The maximum atomic E-state index is 12.3. The van der Waals surface area contributed by atoms with Gasteiger partial charge in [-0.25, -0.2) is 13.1 Å². The molecule has 0 aliphatic rings. The van der Waals surface area contributed by atoms with Crippen molar-refractivity contribution < 1.29 is 13.2 Å². The van der Waals surface area contributed by atoms with E-state index in [1.54, 1.807) is 6.20 Å². The van der Waals surface area contributed by atoms with Crippen molar-refractivity contribution in [1.82, 2.24) is 19.9 Å². The van der Waals surface area contributed by atoms with Crippen LogP contribution in [0.15, 0.2) is 67.0 Å². The third-order valence-corrected chi connectivity index (χ3v) is 6.73. The number of hydrogen-bond acceptors (Lipinski definition) is 6. The highest BCUT2D eigenvalue weighted by Crippen LogP contribution is 2.27. The number of rotatable bonds is 10. The van der Waals surface area contributed by atoms with E-state index in [1.807, 2.05) is 61.7 Å². The molecule has 1 atom stereocenters. The molecule has 0 aliphatic heterocycles. The summed E-state index contributed by atoms with van der Waals surface area (Å²) in [6, 6.07) is 17.5. The van der Waals surface area contributed by atoms with Crippen molar-refractivity contribution in [2.24, 2.45) is 0 Å². The van der Waals surface area contributed by atoms with Crippen molar-refractivity contribution in [3.63, 3.8) is 0 Å². The average molecular weight is 466 g/mol. The highest BCUT2D eigenvalue weighted by molar-refractivity contribution is 7.89. The van der Waals surface area contributed by atoms with Gasteiger partial charge in [0.15, 0.2) is 0 Å². The van der Waals surface area contributed by atoms with Crippen molar-refractivity contribution >= 4 is 26.6 Å². The molecule has 3 N–H and O–H groups in total. The molecule has 4 rings (SSSR count). The minimum Gasteiger partial charge on any atom is -0.384 e. The Kier molecular flexibility index (Phi) is 7.02. The van der Waals surface area contributed by atoms with Gasteiger partial charge in [-0.1, -0.05) is 36.4 Å². The molecule has 0 fully saturated rings. The summed E-state index contributed by atoms with van der Waals surface area (Å²) >= 11 is 0. The van der Waals surface area contributed by atoms with Crippen LogP contribution >= 0.6 is 0 Å². The molecule has 0 amide bonds. The standard InChI is InChI=1S/C24H27N5O3S/c1-17-22-13-19(8-9-23(22)29-28-17)20-12-21(15-25-14-20)27-24(18-6-4-3-5-7-18)16-26-33(30,31)11-10-32-2/h3-9,12-15,24,26-27H,10-11,16H2,1-2H3,(H,28,29). The Bertz CT molecular complexity index is 1320. The Hall–Kier alpha value is -3.27. The zero-order valence-corrected chi connectivity index (χ0v) is 19.4. The van der Waals surface area contributed by atoms with Gasteiger partial charge in [-0.05, 0) is 36.2 Å². The molecule has 2 aromatic carbocycles. The number of aromatic nitrogens is 3.